The van der Waals surface area contributed by atoms with Crippen LogP contribution < -0.4 is 0 Å². The molecule has 0 unspecified atom stereocenters. The van der Waals surface area contributed by atoms with Crippen LogP contribution in [0.4, 0.5) is 0 Å². The normalized spacial score (nSPS) is 7.20. The van der Waals surface area contributed by atoms with Gasteiger partial charge in [0, 0.05) is 18.5 Å². The van der Waals surface area contributed by atoms with Gasteiger partial charge in [-0.3, -0.25) is 5.10 Å². The highest BCUT2D eigenvalue weighted by Crippen LogP contribution is 1.64. The molecule has 1 heterocycles. The third-order valence-electron chi connectivity index (χ3n) is 0.581. The van der Waals surface area contributed by atoms with Crippen molar-refractivity contribution < 1.29 is 9.90 Å². The van der Waals surface area contributed by atoms with E-state index in [1.165, 1.54) is 0 Å². The van der Waals surface area contributed by atoms with Crippen molar-refractivity contribution in [3.05, 3.63) is 31.1 Å². The standard InChI is InChI=1S/C3H4N2.C3H4O2/c1-2-4-5-3-1;1-2-3(4)5/h1-3H,(H,4,5);2H,1H2,(H,4,5). The van der Waals surface area contributed by atoms with Crippen LogP contribution in [0.15, 0.2) is 31.1 Å². The first-order valence-corrected chi connectivity index (χ1v) is 2.56. The first-order chi connectivity index (χ1) is 4.77. The second-order valence-corrected chi connectivity index (χ2v) is 1.31. The molecule has 2 N–H and O–H groups in total. The van der Waals surface area contributed by atoms with Crippen LogP contribution >= 0.6 is 0 Å². The number of hydrogen-bond acceptors (Lipinski definition) is 2. The molecule has 4 heteroatoms. The molecule has 0 atom stereocenters. The highest BCUT2D eigenvalue weighted by Gasteiger charge is 1.73. The number of hydrogen-bond donors (Lipinski definition) is 2. The molecule has 0 amide bonds. The van der Waals surface area contributed by atoms with Gasteiger partial charge in [0.15, 0.2) is 0 Å². The number of carboxylic acid groups (broad SMARTS) is 1. The Labute approximate surface area is 58.2 Å². The molecule has 0 aliphatic heterocycles. The Morgan fingerprint density at radius 1 is 1.80 bits per heavy atom. The lowest BCUT2D eigenvalue weighted by Crippen LogP contribution is -1.82. The molecule has 0 aliphatic rings. The number of nitrogens with zero attached hydrogens (tertiary/aromatic N) is 1. The number of aromatic amines is 1. The van der Waals surface area contributed by atoms with Gasteiger partial charge in [-0.1, -0.05) is 6.58 Å². The van der Waals surface area contributed by atoms with Crippen LogP contribution in [-0.2, 0) is 4.79 Å². The first kappa shape index (κ1) is 8.42. The molecule has 0 radical (unpaired) electrons. The van der Waals surface area contributed by atoms with Crippen molar-refractivity contribution in [3.8, 4) is 0 Å². The van der Waals surface area contributed by atoms with E-state index in [0.29, 0.717) is 0 Å². The average Bonchev–Trinajstić information content (AvgIpc) is 2.43. The summed E-state index contributed by atoms with van der Waals surface area (Å²) in [5.74, 6) is -0.981. The van der Waals surface area contributed by atoms with E-state index in [4.69, 9.17) is 5.11 Å². The second kappa shape index (κ2) is 5.55. The van der Waals surface area contributed by atoms with Crippen LogP contribution in [0.1, 0.15) is 0 Å². The number of rotatable bonds is 1. The lowest BCUT2D eigenvalue weighted by Gasteiger charge is -1.64. The second-order valence-electron chi connectivity index (χ2n) is 1.31. The maximum Gasteiger partial charge on any atom is 0.327 e. The fourth-order valence-corrected chi connectivity index (χ4v) is 0.215. The zero-order chi connectivity index (χ0) is 7.82. The van der Waals surface area contributed by atoms with Gasteiger partial charge < -0.3 is 5.11 Å². The first-order valence-electron chi connectivity index (χ1n) is 2.56. The summed E-state index contributed by atoms with van der Waals surface area (Å²) in [5, 5.41) is 13.8. The van der Waals surface area contributed by atoms with Crippen LogP contribution in [0.5, 0.6) is 0 Å². The van der Waals surface area contributed by atoms with Gasteiger partial charge in [-0.2, -0.15) is 5.10 Å². The monoisotopic (exact) mass is 140 g/mol. The molecular formula is C6H8N2O2. The van der Waals surface area contributed by atoms with Crippen LogP contribution in [0, 0.1) is 0 Å². The Bertz CT molecular complexity index is 164. The van der Waals surface area contributed by atoms with Crippen molar-refractivity contribution in [3.63, 3.8) is 0 Å². The summed E-state index contributed by atoms with van der Waals surface area (Å²) in [6.07, 6.45) is 4.29. The van der Waals surface area contributed by atoms with Gasteiger partial charge in [0.2, 0.25) is 0 Å². The summed E-state index contributed by atoms with van der Waals surface area (Å²) < 4.78 is 0. The Morgan fingerprint density at radius 2 is 2.40 bits per heavy atom. The van der Waals surface area contributed by atoms with Crippen LogP contribution in [-0.4, -0.2) is 21.3 Å². The van der Waals surface area contributed by atoms with Crippen LogP contribution in [0.25, 0.3) is 0 Å². The summed E-state index contributed by atoms with van der Waals surface area (Å²) in [6.45, 7) is 2.96. The molecule has 0 aliphatic carbocycles. The van der Waals surface area contributed by atoms with Crippen LogP contribution in [0.2, 0.25) is 0 Å². The van der Waals surface area contributed by atoms with Crippen molar-refractivity contribution >= 4 is 5.97 Å². The summed E-state index contributed by atoms with van der Waals surface area (Å²) >= 11 is 0. The minimum absolute atomic E-state index is 0.833. The molecule has 10 heavy (non-hydrogen) atoms. The molecule has 1 rings (SSSR count). The van der Waals surface area contributed by atoms with E-state index in [0.717, 1.165) is 6.08 Å². The van der Waals surface area contributed by atoms with E-state index in [1.807, 2.05) is 6.07 Å². The third kappa shape index (κ3) is 6.42. The maximum atomic E-state index is 9.25. The Balaban J connectivity index is 0.000000162. The zero-order valence-corrected chi connectivity index (χ0v) is 5.32. The van der Waals surface area contributed by atoms with Crippen molar-refractivity contribution in [2.45, 2.75) is 0 Å². The van der Waals surface area contributed by atoms with Gasteiger partial charge >= 0.3 is 5.97 Å². The van der Waals surface area contributed by atoms with Crippen molar-refractivity contribution in [1.82, 2.24) is 10.2 Å². The Morgan fingerprint density at radius 3 is 2.50 bits per heavy atom. The summed E-state index contributed by atoms with van der Waals surface area (Å²) in [4.78, 5) is 9.25. The summed E-state index contributed by atoms with van der Waals surface area (Å²) in [6, 6.07) is 1.83. The predicted octanol–water partition coefficient (Wildman–Crippen LogP) is 0.667. The van der Waals surface area contributed by atoms with Gasteiger partial charge in [-0.15, -0.1) is 0 Å². The number of aliphatic carboxylic acids is 1. The fourth-order valence-electron chi connectivity index (χ4n) is 0.215. The van der Waals surface area contributed by atoms with Gasteiger partial charge in [0.05, 0.1) is 0 Å². The molecule has 0 bridgehead atoms. The molecule has 0 saturated heterocycles. The predicted molar refractivity (Wildman–Crippen MR) is 36.4 cm³/mol. The largest absolute Gasteiger partial charge is 0.478 e. The van der Waals surface area contributed by atoms with Gasteiger partial charge in [-0.25, -0.2) is 4.79 Å². The van der Waals surface area contributed by atoms with Crippen LogP contribution in [0.3, 0.4) is 0 Å². The SMILES string of the molecule is C=CC(=O)O.c1cn[nH]c1. The lowest BCUT2D eigenvalue weighted by atomic mass is 10.7. The third-order valence-corrected chi connectivity index (χ3v) is 0.581. The quantitative estimate of drug-likeness (QED) is 0.563. The molecule has 0 spiro atoms. The highest BCUT2D eigenvalue weighted by molar-refractivity contribution is 5.78. The van der Waals surface area contributed by atoms with Gasteiger partial charge in [-0.05, 0) is 6.07 Å². The average molecular weight is 140 g/mol. The molecular weight excluding hydrogens is 132 g/mol. The van der Waals surface area contributed by atoms with E-state index in [9.17, 15) is 4.79 Å². The molecule has 4 nitrogen and oxygen atoms in total. The molecule has 0 saturated carbocycles. The molecule has 1 aromatic rings. The zero-order valence-electron chi connectivity index (χ0n) is 5.32. The number of aromatic nitrogens is 2. The van der Waals surface area contributed by atoms with Crippen molar-refractivity contribution in [1.29, 1.82) is 0 Å². The summed E-state index contributed by atoms with van der Waals surface area (Å²) in [7, 11) is 0. The van der Waals surface area contributed by atoms with E-state index in [2.05, 4.69) is 16.8 Å². The molecule has 54 valence electrons. The Kier molecular flexibility index (Phi) is 4.68. The molecule has 0 fully saturated rings. The number of nitrogens with one attached hydrogen (secondary N) is 1. The van der Waals surface area contributed by atoms with E-state index in [-0.39, 0.29) is 0 Å². The maximum absolute atomic E-state index is 9.25. The van der Waals surface area contributed by atoms with E-state index in [1.54, 1.807) is 12.4 Å². The van der Waals surface area contributed by atoms with E-state index < -0.39 is 5.97 Å². The van der Waals surface area contributed by atoms with Gasteiger partial charge in [0.1, 0.15) is 0 Å². The van der Waals surface area contributed by atoms with Crippen molar-refractivity contribution in [2.75, 3.05) is 0 Å². The number of carbonyl (C=O) groups is 1. The minimum atomic E-state index is -0.981. The van der Waals surface area contributed by atoms with E-state index >= 15 is 0 Å². The highest BCUT2D eigenvalue weighted by atomic mass is 16.4. The molecule has 0 aromatic carbocycles. The lowest BCUT2D eigenvalue weighted by molar-refractivity contribution is -0.131. The Hall–Kier alpha value is -1.58. The summed E-state index contributed by atoms with van der Waals surface area (Å²) in [5.41, 5.74) is 0. The molecule has 1 aromatic heterocycles. The minimum Gasteiger partial charge on any atom is -0.478 e. The smallest absolute Gasteiger partial charge is 0.327 e. The number of H-pyrrole nitrogens is 1. The topological polar surface area (TPSA) is 66.0 Å². The van der Waals surface area contributed by atoms with Gasteiger partial charge in [0.25, 0.3) is 0 Å². The number of carboxylic acids is 1. The fraction of sp³-hybridized carbons (Fsp3) is 0. The van der Waals surface area contributed by atoms with Crippen molar-refractivity contribution in [2.24, 2.45) is 0 Å².